The highest BCUT2D eigenvalue weighted by Gasteiger charge is 2.43. The fraction of sp³-hybridized carbons (Fsp3) is 0.182. The monoisotopic (exact) mass is 453 g/mol. The number of anilines is 2. The van der Waals surface area contributed by atoms with Crippen molar-refractivity contribution in [3.63, 3.8) is 0 Å². The lowest BCUT2D eigenvalue weighted by Gasteiger charge is -2.36. The molecule has 0 bridgehead atoms. The third-order valence-electron chi connectivity index (χ3n) is 5.42. The van der Waals surface area contributed by atoms with Gasteiger partial charge in [0.25, 0.3) is 11.8 Å². The molecule has 0 saturated carbocycles. The highest BCUT2D eigenvalue weighted by atomic mass is 32.1. The lowest BCUT2D eigenvalue weighted by molar-refractivity contribution is -0.120. The highest BCUT2D eigenvalue weighted by Crippen LogP contribution is 2.37. The van der Waals surface area contributed by atoms with Crippen LogP contribution in [0.15, 0.2) is 59.9 Å². The second-order valence-electron chi connectivity index (χ2n) is 7.27. The summed E-state index contributed by atoms with van der Waals surface area (Å²) in [5.74, 6) is -2.65. The van der Waals surface area contributed by atoms with Crippen LogP contribution in [0, 0.1) is 11.6 Å². The number of halogens is 2. The molecule has 1 fully saturated rings. The maximum atomic E-state index is 13.8. The number of hydrogen-bond acceptors (Lipinski definition) is 7. The molecule has 2 aliphatic heterocycles. The number of carbonyl (C=O) groups is 2. The molecule has 0 atom stereocenters. The zero-order chi connectivity index (χ0) is 22.2. The molecule has 0 aliphatic carbocycles. The van der Waals surface area contributed by atoms with Gasteiger partial charge in [-0.2, -0.15) is 0 Å². The molecule has 4 heterocycles. The van der Waals surface area contributed by atoms with Gasteiger partial charge in [-0.05, 0) is 29.6 Å². The first-order chi connectivity index (χ1) is 15.5. The summed E-state index contributed by atoms with van der Waals surface area (Å²) in [5, 5.41) is 1.82. The van der Waals surface area contributed by atoms with Crippen LogP contribution < -0.4 is 9.80 Å². The molecule has 0 unspecified atom stereocenters. The standard InChI is InChI=1S/C22H17F2N5O2S/c23-15-5-4-14(13-16(15)24)29-20(30)18(17-3-1-12-32-17)19(21(29)31)27-8-10-28(11-9-27)22-25-6-2-7-26-22/h1-7,12-13H,8-11H2. The second kappa shape index (κ2) is 8.12. The maximum Gasteiger partial charge on any atom is 0.282 e. The van der Waals surface area contributed by atoms with E-state index in [1.54, 1.807) is 30.6 Å². The van der Waals surface area contributed by atoms with Crippen molar-refractivity contribution in [2.24, 2.45) is 0 Å². The highest BCUT2D eigenvalue weighted by molar-refractivity contribution is 7.11. The Morgan fingerprint density at radius 1 is 0.844 bits per heavy atom. The van der Waals surface area contributed by atoms with Crippen molar-refractivity contribution >= 4 is 40.4 Å². The molecule has 2 aliphatic rings. The molecule has 32 heavy (non-hydrogen) atoms. The van der Waals surface area contributed by atoms with Gasteiger partial charge in [-0.15, -0.1) is 11.3 Å². The van der Waals surface area contributed by atoms with Gasteiger partial charge in [0.1, 0.15) is 5.70 Å². The Morgan fingerprint density at radius 3 is 2.22 bits per heavy atom. The number of rotatable bonds is 4. The van der Waals surface area contributed by atoms with Gasteiger partial charge in [0.15, 0.2) is 11.6 Å². The molecule has 0 spiro atoms. The molecule has 5 rings (SSSR count). The van der Waals surface area contributed by atoms with Crippen molar-refractivity contribution in [3.05, 3.63) is 76.4 Å². The Bertz CT molecular complexity index is 1210. The van der Waals surface area contributed by atoms with Crippen LogP contribution in [0.5, 0.6) is 0 Å². The lowest BCUT2D eigenvalue weighted by atomic mass is 10.1. The number of benzene rings is 1. The number of thiophene rings is 1. The summed E-state index contributed by atoms with van der Waals surface area (Å²) in [6, 6.07) is 8.32. The van der Waals surface area contributed by atoms with Gasteiger partial charge in [-0.25, -0.2) is 23.6 Å². The molecule has 1 aromatic carbocycles. The summed E-state index contributed by atoms with van der Waals surface area (Å²) in [6.45, 7) is 2.09. The van der Waals surface area contributed by atoms with Gasteiger partial charge in [0.2, 0.25) is 5.95 Å². The third kappa shape index (κ3) is 3.42. The number of carbonyl (C=O) groups excluding carboxylic acids is 2. The van der Waals surface area contributed by atoms with Crippen molar-refractivity contribution in [1.29, 1.82) is 0 Å². The van der Waals surface area contributed by atoms with E-state index in [0.29, 0.717) is 37.0 Å². The number of aromatic nitrogens is 2. The van der Waals surface area contributed by atoms with E-state index in [0.717, 1.165) is 17.0 Å². The summed E-state index contributed by atoms with van der Waals surface area (Å²) in [5.41, 5.74) is 0.550. The van der Waals surface area contributed by atoms with E-state index < -0.39 is 23.4 Å². The molecule has 3 aromatic rings. The fourth-order valence-corrected chi connectivity index (χ4v) is 4.66. The van der Waals surface area contributed by atoms with Crippen molar-refractivity contribution in [2.45, 2.75) is 0 Å². The third-order valence-corrected chi connectivity index (χ3v) is 6.31. The number of hydrogen-bond donors (Lipinski definition) is 0. The first kappa shape index (κ1) is 20.3. The topological polar surface area (TPSA) is 69.6 Å². The van der Waals surface area contributed by atoms with Crippen LogP contribution in [-0.2, 0) is 9.59 Å². The molecule has 7 nitrogen and oxygen atoms in total. The summed E-state index contributed by atoms with van der Waals surface area (Å²) >= 11 is 1.35. The minimum Gasteiger partial charge on any atom is -0.363 e. The first-order valence-electron chi connectivity index (χ1n) is 9.93. The van der Waals surface area contributed by atoms with E-state index in [1.165, 1.54) is 17.4 Å². The number of nitrogens with zero attached hydrogens (tertiary/aromatic N) is 5. The molecular formula is C22H17F2N5O2S. The first-order valence-corrected chi connectivity index (χ1v) is 10.8. The van der Waals surface area contributed by atoms with E-state index in [9.17, 15) is 18.4 Å². The largest absolute Gasteiger partial charge is 0.363 e. The van der Waals surface area contributed by atoms with Crippen LogP contribution in [0.1, 0.15) is 4.88 Å². The number of imide groups is 1. The molecule has 162 valence electrons. The Labute approximate surface area is 186 Å². The van der Waals surface area contributed by atoms with E-state index >= 15 is 0 Å². The Kier molecular flexibility index (Phi) is 5.14. The van der Waals surface area contributed by atoms with Crippen LogP contribution in [0.2, 0.25) is 0 Å². The SMILES string of the molecule is O=C1C(c2cccs2)=C(N2CCN(c3ncccn3)CC2)C(=O)N1c1ccc(F)c(F)c1. The Morgan fingerprint density at radius 2 is 1.56 bits per heavy atom. The van der Waals surface area contributed by atoms with Crippen molar-refractivity contribution < 1.29 is 18.4 Å². The van der Waals surface area contributed by atoms with E-state index in [4.69, 9.17) is 0 Å². The summed E-state index contributed by atoms with van der Waals surface area (Å²) in [7, 11) is 0. The molecule has 1 saturated heterocycles. The van der Waals surface area contributed by atoms with Crippen molar-refractivity contribution in [2.75, 3.05) is 36.0 Å². The molecule has 0 radical (unpaired) electrons. The van der Waals surface area contributed by atoms with Crippen LogP contribution in [-0.4, -0.2) is 52.9 Å². The second-order valence-corrected chi connectivity index (χ2v) is 8.22. The van der Waals surface area contributed by atoms with Gasteiger partial charge in [0, 0.05) is 49.5 Å². The molecule has 2 amide bonds. The van der Waals surface area contributed by atoms with E-state index in [-0.39, 0.29) is 17.0 Å². The summed E-state index contributed by atoms with van der Waals surface area (Å²) in [6.07, 6.45) is 3.34. The van der Waals surface area contributed by atoms with Gasteiger partial charge < -0.3 is 9.80 Å². The lowest BCUT2D eigenvalue weighted by Crippen LogP contribution is -2.48. The molecule has 10 heteroatoms. The predicted molar refractivity (Wildman–Crippen MR) is 116 cm³/mol. The Hall–Kier alpha value is -3.66. The van der Waals surface area contributed by atoms with Gasteiger partial charge >= 0.3 is 0 Å². The number of amides is 2. The van der Waals surface area contributed by atoms with Crippen molar-refractivity contribution in [1.82, 2.24) is 14.9 Å². The van der Waals surface area contributed by atoms with Crippen LogP contribution in [0.3, 0.4) is 0 Å². The van der Waals surface area contributed by atoms with Crippen LogP contribution in [0.4, 0.5) is 20.4 Å². The zero-order valence-corrected chi connectivity index (χ0v) is 17.6. The average Bonchev–Trinajstić information content (AvgIpc) is 3.42. The maximum absolute atomic E-state index is 13.8. The predicted octanol–water partition coefficient (Wildman–Crippen LogP) is 2.92. The van der Waals surface area contributed by atoms with Gasteiger partial charge in [-0.3, -0.25) is 9.59 Å². The zero-order valence-electron chi connectivity index (χ0n) is 16.7. The minimum absolute atomic E-state index is 0.000669. The fourth-order valence-electron chi connectivity index (χ4n) is 3.90. The summed E-state index contributed by atoms with van der Waals surface area (Å²) < 4.78 is 27.3. The van der Waals surface area contributed by atoms with Gasteiger partial charge in [-0.1, -0.05) is 6.07 Å². The van der Waals surface area contributed by atoms with E-state index in [1.807, 2.05) is 15.2 Å². The molecular weight excluding hydrogens is 436 g/mol. The minimum atomic E-state index is -1.12. The molecule has 2 aromatic heterocycles. The molecule has 0 N–H and O–H groups in total. The number of piperazine rings is 1. The average molecular weight is 453 g/mol. The summed E-state index contributed by atoms with van der Waals surface area (Å²) in [4.78, 5) is 40.7. The van der Waals surface area contributed by atoms with E-state index in [2.05, 4.69) is 9.97 Å². The normalized spacial score (nSPS) is 17.0. The van der Waals surface area contributed by atoms with Crippen LogP contribution >= 0.6 is 11.3 Å². The van der Waals surface area contributed by atoms with Gasteiger partial charge in [0.05, 0.1) is 11.3 Å². The van der Waals surface area contributed by atoms with Crippen molar-refractivity contribution in [3.8, 4) is 0 Å². The smallest absolute Gasteiger partial charge is 0.282 e. The Balaban J connectivity index is 1.48. The quantitative estimate of drug-likeness (QED) is 0.566. The van der Waals surface area contributed by atoms with Crippen LogP contribution in [0.25, 0.3) is 5.57 Å².